The summed E-state index contributed by atoms with van der Waals surface area (Å²) in [6, 6.07) is 10.6. The van der Waals surface area contributed by atoms with Gasteiger partial charge < -0.3 is 0 Å². The lowest BCUT2D eigenvalue weighted by atomic mass is 10.2. The zero-order valence-electron chi connectivity index (χ0n) is 13.0. The Balaban J connectivity index is 0.000000690. The van der Waals surface area contributed by atoms with Crippen molar-refractivity contribution in [1.82, 2.24) is 4.90 Å². The molecule has 0 saturated carbocycles. The second-order valence-corrected chi connectivity index (χ2v) is 5.48. The van der Waals surface area contributed by atoms with Crippen LogP contribution in [0.15, 0.2) is 68.3 Å². The Bertz CT molecular complexity index is 360. The zero-order chi connectivity index (χ0) is 15.8. The SMILES string of the molecule is C=CCCBr.C=CCCN(CCC=C)Cc1ccccc1. The average Bonchev–Trinajstić information content (AvgIpc) is 2.52. The molecular formula is C19H28BrN. The first-order chi connectivity index (χ1) is 10.3. The summed E-state index contributed by atoms with van der Waals surface area (Å²) in [4.78, 5) is 2.44. The third-order valence-electron chi connectivity index (χ3n) is 2.86. The van der Waals surface area contributed by atoms with E-state index in [1.165, 1.54) is 5.56 Å². The van der Waals surface area contributed by atoms with Crippen LogP contribution < -0.4 is 0 Å². The molecule has 0 aliphatic heterocycles. The molecule has 0 radical (unpaired) electrons. The number of hydrogen-bond donors (Lipinski definition) is 0. The lowest BCUT2D eigenvalue weighted by molar-refractivity contribution is 0.276. The summed E-state index contributed by atoms with van der Waals surface area (Å²) >= 11 is 3.24. The fourth-order valence-corrected chi connectivity index (χ4v) is 2.06. The van der Waals surface area contributed by atoms with Crippen LogP contribution in [0.5, 0.6) is 0 Å². The Hall–Kier alpha value is -1.12. The summed E-state index contributed by atoms with van der Waals surface area (Å²) < 4.78 is 0. The molecule has 116 valence electrons. The van der Waals surface area contributed by atoms with E-state index in [9.17, 15) is 0 Å². The average molecular weight is 350 g/mol. The van der Waals surface area contributed by atoms with Gasteiger partial charge in [-0.05, 0) is 24.8 Å². The molecule has 0 aliphatic carbocycles. The molecule has 0 N–H and O–H groups in total. The van der Waals surface area contributed by atoms with Crippen LogP contribution in [-0.2, 0) is 6.54 Å². The van der Waals surface area contributed by atoms with Crippen molar-refractivity contribution in [2.24, 2.45) is 0 Å². The molecule has 0 aliphatic rings. The normalized spacial score (nSPS) is 9.62. The molecule has 1 aromatic rings. The first-order valence-electron chi connectivity index (χ1n) is 7.43. The van der Waals surface area contributed by atoms with Crippen molar-refractivity contribution in [3.63, 3.8) is 0 Å². The first-order valence-corrected chi connectivity index (χ1v) is 8.55. The van der Waals surface area contributed by atoms with Crippen molar-refractivity contribution >= 4 is 15.9 Å². The van der Waals surface area contributed by atoms with Gasteiger partial charge in [0, 0.05) is 25.0 Å². The van der Waals surface area contributed by atoms with Crippen LogP contribution in [0.4, 0.5) is 0 Å². The van der Waals surface area contributed by atoms with E-state index >= 15 is 0 Å². The van der Waals surface area contributed by atoms with E-state index in [1.807, 2.05) is 18.2 Å². The van der Waals surface area contributed by atoms with E-state index in [0.717, 1.165) is 44.2 Å². The van der Waals surface area contributed by atoms with Crippen LogP contribution in [0, 0.1) is 0 Å². The first kappa shape index (κ1) is 19.9. The van der Waals surface area contributed by atoms with Crippen LogP contribution in [0.2, 0.25) is 0 Å². The van der Waals surface area contributed by atoms with Crippen molar-refractivity contribution < 1.29 is 0 Å². The smallest absolute Gasteiger partial charge is 0.0233 e. The van der Waals surface area contributed by atoms with Crippen molar-refractivity contribution in [2.45, 2.75) is 25.8 Å². The molecule has 0 spiro atoms. The summed E-state index contributed by atoms with van der Waals surface area (Å²) in [5, 5.41) is 1.04. The van der Waals surface area contributed by atoms with Gasteiger partial charge in [0.1, 0.15) is 0 Å². The predicted molar refractivity (Wildman–Crippen MR) is 100.0 cm³/mol. The van der Waals surface area contributed by atoms with Gasteiger partial charge in [-0.15, -0.1) is 19.7 Å². The molecular weight excluding hydrogens is 322 g/mol. The molecule has 0 bridgehead atoms. The maximum Gasteiger partial charge on any atom is 0.0233 e. The Morgan fingerprint density at radius 1 is 0.857 bits per heavy atom. The summed E-state index contributed by atoms with van der Waals surface area (Å²) in [6.45, 7) is 14.2. The number of halogens is 1. The molecule has 1 rings (SSSR count). The number of benzene rings is 1. The number of rotatable bonds is 10. The Labute approximate surface area is 139 Å². The molecule has 0 heterocycles. The monoisotopic (exact) mass is 349 g/mol. The van der Waals surface area contributed by atoms with Crippen molar-refractivity contribution in [3.8, 4) is 0 Å². The van der Waals surface area contributed by atoms with Gasteiger partial charge in [-0.2, -0.15) is 0 Å². The molecule has 1 nitrogen and oxygen atoms in total. The van der Waals surface area contributed by atoms with E-state index < -0.39 is 0 Å². The van der Waals surface area contributed by atoms with Gasteiger partial charge in [-0.1, -0.05) is 64.5 Å². The summed E-state index contributed by atoms with van der Waals surface area (Å²) in [5.41, 5.74) is 1.37. The Morgan fingerprint density at radius 3 is 1.76 bits per heavy atom. The van der Waals surface area contributed by atoms with Gasteiger partial charge in [-0.25, -0.2) is 0 Å². The van der Waals surface area contributed by atoms with Gasteiger partial charge in [0.25, 0.3) is 0 Å². The maximum absolute atomic E-state index is 3.77. The highest BCUT2D eigenvalue weighted by Crippen LogP contribution is 2.06. The molecule has 21 heavy (non-hydrogen) atoms. The highest BCUT2D eigenvalue weighted by atomic mass is 79.9. The van der Waals surface area contributed by atoms with Crippen LogP contribution in [0.25, 0.3) is 0 Å². The highest BCUT2D eigenvalue weighted by molar-refractivity contribution is 9.09. The molecule has 0 fully saturated rings. The molecule has 2 heteroatoms. The van der Waals surface area contributed by atoms with Crippen molar-refractivity contribution in [1.29, 1.82) is 0 Å². The minimum Gasteiger partial charge on any atom is -0.298 e. The number of allylic oxidation sites excluding steroid dienone is 1. The minimum absolute atomic E-state index is 1.02. The van der Waals surface area contributed by atoms with Crippen LogP contribution >= 0.6 is 15.9 Å². The molecule has 0 unspecified atom stereocenters. The fraction of sp³-hybridized carbons (Fsp3) is 0.368. The summed E-state index contributed by atoms with van der Waals surface area (Å²) in [7, 11) is 0. The number of hydrogen-bond acceptors (Lipinski definition) is 1. The second-order valence-electron chi connectivity index (χ2n) is 4.68. The quantitative estimate of drug-likeness (QED) is 0.392. The van der Waals surface area contributed by atoms with E-state index in [-0.39, 0.29) is 0 Å². The molecule has 0 atom stereocenters. The summed E-state index contributed by atoms with van der Waals surface area (Å²) in [5.74, 6) is 0. The van der Waals surface area contributed by atoms with Gasteiger partial charge in [0.15, 0.2) is 0 Å². The topological polar surface area (TPSA) is 3.24 Å². The van der Waals surface area contributed by atoms with Crippen LogP contribution in [0.3, 0.4) is 0 Å². The Morgan fingerprint density at radius 2 is 1.38 bits per heavy atom. The molecule has 0 aromatic heterocycles. The Kier molecular flexibility index (Phi) is 14.5. The van der Waals surface area contributed by atoms with Crippen molar-refractivity contribution in [2.75, 3.05) is 18.4 Å². The van der Waals surface area contributed by atoms with Gasteiger partial charge in [-0.3, -0.25) is 4.90 Å². The summed E-state index contributed by atoms with van der Waals surface area (Å²) in [6.07, 6.45) is 9.00. The minimum atomic E-state index is 1.02. The molecule has 1 aromatic carbocycles. The second kappa shape index (κ2) is 15.3. The fourth-order valence-electron chi connectivity index (χ4n) is 1.74. The van der Waals surface area contributed by atoms with Gasteiger partial charge in [0.2, 0.25) is 0 Å². The predicted octanol–water partition coefficient (Wildman–Crippen LogP) is 5.60. The molecule has 0 saturated heterocycles. The van der Waals surface area contributed by atoms with E-state index in [0.29, 0.717) is 0 Å². The van der Waals surface area contributed by atoms with E-state index in [2.05, 4.69) is 70.9 Å². The van der Waals surface area contributed by atoms with Crippen LogP contribution in [-0.4, -0.2) is 23.3 Å². The highest BCUT2D eigenvalue weighted by Gasteiger charge is 2.03. The van der Waals surface area contributed by atoms with E-state index in [4.69, 9.17) is 0 Å². The van der Waals surface area contributed by atoms with Crippen LogP contribution in [0.1, 0.15) is 24.8 Å². The lowest BCUT2D eigenvalue weighted by Gasteiger charge is -2.21. The maximum atomic E-state index is 3.77. The largest absolute Gasteiger partial charge is 0.298 e. The third kappa shape index (κ3) is 12.3. The number of alkyl halides is 1. The van der Waals surface area contributed by atoms with E-state index in [1.54, 1.807) is 0 Å². The lowest BCUT2D eigenvalue weighted by Crippen LogP contribution is -2.25. The molecule has 0 amide bonds. The van der Waals surface area contributed by atoms with Gasteiger partial charge in [0.05, 0.1) is 0 Å². The third-order valence-corrected chi connectivity index (χ3v) is 3.32. The standard InChI is InChI=1S/C15H21N.C4H7Br/c1-3-5-12-16(13-6-4-2)14-15-10-8-7-9-11-15;1-2-3-4-5/h3-4,7-11H,1-2,5-6,12-14H2;2H,1,3-4H2. The van der Waals surface area contributed by atoms with Gasteiger partial charge >= 0.3 is 0 Å². The zero-order valence-corrected chi connectivity index (χ0v) is 14.6. The van der Waals surface area contributed by atoms with Crippen molar-refractivity contribution in [3.05, 3.63) is 73.9 Å². The number of nitrogens with zero attached hydrogens (tertiary/aromatic N) is 1.